The number of rotatable bonds is 2. The number of alkyl halides is 3. The summed E-state index contributed by atoms with van der Waals surface area (Å²) in [6.45, 7) is 1.86. The van der Waals surface area contributed by atoms with Gasteiger partial charge >= 0.3 is 12.1 Å². The Morgan fingerprint density at radius 1 is 1.33 bits per heavy atom. The lowest BCUT2D eigenvalue weighted by Crippen LogP contribution is -2.40. The highest BCUT2D eigenvalue weighted by Crippen LogP contribution is 2.24. The van der Waals surface area contributed by atoms with Crippen LogP contribution >= 0.6 is 0 Å². The Hall–Kier alpha value is -2.39. The lowest BCUT2D eigenvalue weighted by molar-refractivity contribution is -0.205. The fourth-order valence-electron chi connectivity index (χ4n) is 2.04. The maximum Gasteiger partial charge on any atom is 0.490 e. The molecular weight excluding hydrogens is 336 g/mol. The van der Waals surface area contributed by atoms with Crippen LogP contribution in [-0.2, 0) is 14.3 Å². The zero-order valence-electron chi connectivity index (χ0n) is 12.7. The van der Waals surface area contributed by atoms with E-state index < -0.39 is 30.2 Å². The number of aliphatic carboxylic acids is 1. The number of carbonyl (C=O) groups is 2. The summed E-state index contributed by atoms with van der Waals surface area (Å²) in [5.74, 6) is -3.61. The predicted molar refractivity (Wildman–Crippen MR) is 74.9 cm³/mol. The number of piperidine rings is 1. The molecule has 0 saturated carbocycles. The second-order valence-electron chi connectivity index (χ2n) is 4.95. The third-order valence-corrected chi connectivity index (χ3v) is 3.02. The molecule has 1 fully saturated rings. The van der Waals surface area contributed by atoms with Crippen LogP contribution in [0.5, 0.6) is 0 Å². The predicted octanol–water partition coefficient (Wildman–Crippen LogP) is 2.39. The summed E-state index contributed by atoms with van der Waals surface area (Å²) in [4.78, 5) is 24.9. The van der Waals surface area contributed by atoms with Gasteiger partial charge in [-0.2, -0.15) is 17.6 Å². The van der Waals surface area contributed by atoms with Crippen LogP contribution in [0.25, 0.3) is 0 Å². The fraction of sp³-hybridized carbons (Fsp3) is 0.500. The van der Waals surface area contributed by atoms with Crippen molar-refractivity contribution in [3.05, 3.63) is 24.3 Å². The standard InChI is InChI=1S/C12H12F4N2O2.C2H4O2/c13-10-7-8(1-4-17-10)18-5-2-9(3-6-18)20-11(19)12(14,15)16;1-2(3)4/h1,4,7,9H,2-3,5-6H2;1H3,(H,3,4). The van der Waals surface area contributed by atoms with Crippen LogP contribution in [0.15, 0.2) is 18.3 Å². The Morgan fingerprint density at radius 3 is 2.33 bits per heavy atom. The number of aromatic nitrogens is 1. The average molecular weight is 352 g/mol. The number of ether oxygens (including phenoxy) is 1. The number of halogens is 4. The van der Waals surface area contributed by atoms with Gasteiger partial charge in [0.05, 0.1) is 0 Å². The van der Waals surface area contributed by atoms with Crippen LogP contribution in [0.3, 0.4) is 0 Å². The first-order valence-electron chi connectivity index (χ1n) is 6.93. The minimum absolute atomic E-state index is 0.270. The molecule has 1 aliphatic rings. The molecule has 0 unspecified atom stereocenters. The van der Waals surface area contributed by atoms with Gasteiger partial charge in [0.2, 0.25) is 5.95 Å². The smallest absolute Gasteiger partial charge is 0.481 e. The Labute approximate surface area is 135 Å². The van der Waals surface area contributed by atoms with Crippen molar-refractivity contribution >= 4 is 17.6 Å². The van der Waals surface area contributed by atoms with Crippen LogP contribution < -0.4 is 4.90 Å². The fourth-order valence-corrected chi connectivity index (χ4v) is 2.04. The first-order valence-corrected chi connectivity index (χ1v) is 6.93. The second kappa shape index (κ2) is 8.46. The van der Waals surface area contributed by atoms with E-state index in [2.05, 4.69) is 9.72 Å². The lowest BCUT2D eigenvalue weighted by Gasteiger charge is -2.33. The zero-order chi connectivity index (χ0) is 18.3. The molecule has 1 aliphatic heterocycles. The molecule has 0 amide bonds. The summed E-state index contributed by atoms with van der Waals surface area (Å²) in [6.07, 6.45) is -3.87. The number of carbonyl (C=O) groups excluding carboxylic acids is 1. The average Bonchev–Trinajstić information content (AvgIpc) is 2.46. The summed E-state index contributed by atoms with van der Waals surface area (Å²) in [5, 5.41) is 7.42. The molecule has 0 aromatic carbocycles. The molecule has 0 spiro atoms. The summed E-state index contributed by atoms with van der Waals surface area (Å²) in [5.41, 5.74) is 0.609. The lowest BCUT2D eigenvalue weighted by atomic mass is 10.1. The molecule has 0 bridgehead atoms. The maximum absolute atomic E-state index is 13.0. The first-order chi connectivity index (χ1) is 11.1. The molecule has 2 rings (SSSR count). The van der Waals surface area contributed by atoms with Crippen molar-refractivity contribution < 1.29 is 37.0 Å². The number of nitrogens with zero attached hydrogens (tertiary/aromatic N) is 2. The van der Waals surface area contributed by atoms with Crippen molar-refractivity contribution in [1.29, 1.82) is 0 Å². The molecule has 1 saturated heterocycles. The molecule has 6 nitrogen and oxygen atoms in total. The van der Waals surface area contributed by atoms with E-state index in [0.717, 1.165) is 6.92 Å². The van der Waals surface area contributed by atoms with Crippen molar-refractivity contribution in [2.75, 3.05) is 18.0 Å². The number of carboxylic acids is 1. The number of hydrogen-bond acceptors (Lipinski definition) is 5. The minimum atomic E-state index is -4.97. The second-order valence-corrected chi connectivity index (χ2v) is 4.95. The zero-order valence-corrected chi connectivity index (χ0v) is 12.7. The highest BCUT2D eigenvalue weighted by Gasteiger charge is 2.42. The number of carboxylic acid groups (broad SMARTS) is 1. The summed E-state index contributed by atoms with van der Waals surface area (Å²) in [7, 11) is 0. The van der Waals surface area contributed by atoms with Gasteiger partial charge < -0.3 is 14.7 Å². The summed E-state index contributed by atoms with van der Waals surface area (Å²) >= 11 is 0. The Bertz CT molecular complexity index is 568. The maximum atomic E-state index is 13.0. The van der Waals surface area contributed by atoms with Crippen LogP contribution in [0.1, 0.15) is 19.8 Å². The van der Waals surface area contributed by atoms with Gasteiger partial charge in [-0.15, -0.1) is 0 Å². The Morgan fingerprint density at radius 2 is 1.88 bits per heavy atom. The number of anilines is 1. The van der Waals surface area contributed by atoms with E-state index in [4.69, 9.17) is 9.90 Å². The molecule has 1 aromatic heterocycles. The molecule has 0 atom stereocenters. The summed E-state index contributed by atoms with van der Waals surface area (Å²) < 4.78 is 53.5. The van der Waals surface area contributed by atoms with Gasteiger partial charge in [-0.1, -0.05) is 0 Å². The SMILES string of the molecule is CC(=O)O.O=C(OC1CCN(c2ccnc(F)c2)CC1)C(F)(F)F. The van der Waals surface area contributed by atoms with E-state index in [1.165, 1.54) is 12.3 Å². The summed E-state index contributed by atoms with van der Waals surface area (Å²) in [6, 6.07) is 2.87. The van der Waals surface area contributed by atoms with E-state index in [1.807, 2.05) is 4.90 Å². The van der Waals surface area contributed by atoms with Crippen molar-refractivity contribution in [1.82, 2.24) is 4.98 Å². The molecule has 1 aromatic rings. The van der Waals surface area contributed by atoms with Crippen LogP contribution in [0.2, 0.25) is 0 Å². The molecule has 134 valence electrons. The van der Waals surface area contributed by atoms with Crippen molar-refractivity contribution in [3.8, 4) is 0 Å². The largest absolute Gasteiger partial charge is 0.490 e. The quantitative estimate of drug-likeness (QED) is 0.500. The first kappa shape index (κ1) is 19.7. The molecule has 10 heteroatoms. The minimum Gasteiger partial charge on any atom is -0.481 e. The van der Waals surface area contributed by atoms with Crippen molar-refractivity contribution in [2.24, 2.45) is 0 Å². The van der Waals surface area contributed by atoms with E-state index in [9.17, 15) is 22.4 Å². The van der Waals surface area contributed by atoms with Crippen LogP contribution in [0, 0.1) is 5.95 Å². The van der Waals surface area contributed by atoms with Gasteiger partial charge in [-0.05, 0) is 6.07 Å². The molecule has 0 aliphatic carbocycles. The molecule has 0 radical (unpaired) electrons. The number of pyridine rings is 1. The highest BCUT2D eigenvalue weighted by atomic mass is 19.4. The van der Waals surface area contributed by atoms with E-state index in [0.29, 0.717) is 18.8 Å². The Balaban J connectivity index is 0.000000648. The van der Waals surface area contributed by atoms with Gasteiger partial charge in [0, 0.05) is 50.8 Å². The van der Waals surface area contributed by atoms with E-state index in [-0.39, 0.29) is 12.8 Å². The topological polar surface area (TPSA) is 79.7 Å². The third-order valence-electron chi connectivity index (χ3n) is 3.02. The number of hydrogen-bond donors (Lipinski definition) is 1. The van der Waals surface area contributed by atoms with Gasteiger partial charge in [0.25, 0.3) is 5.97 Å². The van der Waals surface area contributed by atoms with Gasteiger partial charge in [-0.25, -0.2) is 9.78 Å². The Kier molecular flexibility index (Phi) is 6.93. The molecule has 24 heavy (non-hydrogen) atoms. The van der Waals surface area contributed by atoms with Crippen molar-refractivity contribution in [3.63, 3.8) is 0 Å². The molecular formula is C14H16F4N2O4. The van der Waals surface area contributed by atoms with E-state index >= 15 is 0 Å². The van der Waals surface area contributed by atoms with Gasteiger partial charge in [0.15, 0.2) is 0 Å². The van der Waals surface area contributed by atoms with Crippen LogP contribution in [-0.4, -0.2) is 47.4 Å². The van der Waals surface area contributed by atoms with Crippen molar-refractivity contribution in [2.45, 2.75) is 32.0 Å². The molecule has 2 heterocycles. The monoisotopic (exact) mass is 352 g/mol. The highest BCUT2D eigenvalue weighted by molar-refractivity contribution is 5.75. The number of esters is 1. The van der Waals surface area contributed by atoms with E-state index in [1.54, 1.807) is 6.07 Å². The van der Waals surface area contributed by atoms with Crippen LogP contribution in [0.4, 0.5) is 23.2 Å². The molecule has 1 N–H and O–H groups in total. The van der Waals surface area contributed by atoms with Gasteiger partial charge in [0.1, 0.15) is 6.10 Å². The third kappa shape index (κ3) is 6.80. The van der Waals surface area contributed by atoms with Gasteiger partial charge in [-0.3, -0.25) is 4.79 Å². The normalized spacial score (nSPS) is 15.3.